The van der Waals surface area contributed by atoms with Crippen molar-refractivity contribution in [2.45, 2.75) is 19.8 Å². The van der Waals surface area contributed by atoms with Crippen LogP contribution in [0.1, 0.15) is 15.6 Å². The van der Waals surface area contributed by atoms with E-state index in [1.165, 1.54) is 8.66 Å². The lowest BCUT2D eigenvalue weighted by Crippen LogP contribution is -2.39. The molecule has 0 aliphatic carbocycles. The number of nitrogens with zero attached hydrogens (tertiary/aromatic N) is 2. The summed E-state index contributed by atoms with van der Waals surface area (Å²) in [5.41, 5.74) is 1.14. The van der Waals surface area contributed by atoms with Gasteiger partial charge in [0.05, 0.1) is 14.5 Å². The molecule has 0 aliphatic rings. The third-order valence-corrected chi connectivity index (χ3v) is 5.36. The Labute approximate surface area is 141 Å². The molecule has 0 atom stereocenters. The van der Waals surface area contributed by atoms with Gasteiger partial charge in [0.25, 0.3) is 0 Å². The third-order valence-electron chi connectivity index (χ3n) is 2.86. The molecule has 4 nitrogen and oxygen atoms in total. The highest BCUT2D eigenvalue weighted by Crippen LogP contribution is 2.21. The Balaban J connectivity index is 1.66. The second kappa shape index (κ2) is 8.51. The van der Waals surface area contributed by atoms with E-state index in [2.05, 4.69) is 54.1 Å². The predicted octanol–water partition coefficient (Wildman–Crippen LogP) is 3.23. The standard InChI is InChI=1S/C14H19BrN4S2/c1-10-19-11(9-20-10)5-7-17-14(16-2)18-8-6-12-3-4-13(15)21-12/h3-4,9H,5-8H2,1-2H3,(H2,16,17,18). The molecular weight excluding hydrogens is 368 g/mol. The number of rotatable bonds is 6. The van der Waals surface area contributed by atoms with E-state index in [1.54, 1.807) is 29.7 Å². The zero-order valence-corrected chi connectivity index (χ0v) is 15.4. The molecule has 2 aromatic heterocycles. The predicted molar refractivity (Wildman–Crippen MR) is 95.6 cm³/mol. The summed E-state index contributed by atoms with van der Waals surface area (Å²) in [5.74, 6) is 0.845. The minimum Gasteiger partial charge on any atom is -0.356 e. The lowest BCUT2D eigenvalue weighted by atomic mass is 10.3. The van der Waals surface area contributed by atoms with Gasteiger partial charge in [-0.15, -0.1) is 22.7 Å². The smallest absolute Gasteiger partial charge is 0.191 e. The average molecular weight is 387 g/mol. The van der Waals surface area contributed by atoms with Gasteiger partial charge in [-0.3, -0.25) is 4.99 Å². The van der Waals surface area contributed by atoms with Gasteiger partial charge >= 0.3 is 0 Å². The van der Waals surface area contributed by atoms with Crippen molar-refractivity contribution in [2.24, 2.45) is 4.99 Å². The molecule has 0 aromatic carbocycles. The second-order valence-corrected chi connectivity index (χ2v) is 8.10. The molecule has 7 heteroatoms. The second-order valence-electron chi connectivity index (χ2n) is 4.49. The van der Waals surface area contributed by atoms with Gasteiger partial charge in [0.15, 0.2) is 5.96 Å². The largest absolute Gasteiger partial charge is 0.356 e. The van der Waals surface area contributed by atoms with Crippen LogP contribution in [0.3, 0.4) is 0 Å². The number of hydrogen-bond donors (Lipinski definition) is 2. The fraction of sp³-hybridized carbons (Fsp3) is 0.429. The molecule has 0 saturated carbocycles. The van der Waals surface area contributed by atoms with E-state index in [1.807, 2.05) is 6.92 Å². The molecule has 21 heavy (non-hydrogen) atoms. The highest BCUT2D eigenvalue weighted by atomic mass is 79.9. The van der Waals surface area contributed by atoms with Gasteiger partial charge in [0.1, 0.15) is 0 Å². The summed E-state index contributed by atoms with van der Waals surface area (Å²) in [4.78, 5) is 10.0. The summed E-state index contributed by atoms with van der Waals surface area (Å²) < 4.78 is 1.18. The number of aryl methyl sites for hydroxylation is 1. The summed E-state index contributed by atoms with van der Waals surface area (Å²) in [6.45, 7) is 3.75. The summed E-state index contributed by atoms with van der Waals surface area (Å²) in [6, 6.07) is 4.24. The van der Waals surface area contributed by atoms with Gasteiger partial charge in [0, 0.05) is 36.8 Å². The molecule has 0 radical (unpaired) electrons. The third kappa shape index (κ3) is 5.76. The maximum Gasteiger partial charge on any atom is 0.191 e. The van der Waals surface area contributed by atoms with Crippen molar-refractivity contribution in [2.75, 3.05) is 20.1 Å². The average Bonchev–Trinajstić information content (AvgIpc) is 3.06. The number of aliphatic imine (C=N–C) groups is 1. The van der Waals surface area contributed by atoms with Gasteiger partial charge in [-0.25, -0.2) is 4.98 Å². The van der Waals surface area contributed by atoms with Crippen LogP contribution < -0.4 is 10.6 Å². The van der Waals surface area contributed by atoms with Crippen LogP contribution in [0.25, 0.3) is 0 Å². The Morgan fingerprint density at radius 2 is 2.05 bits per heavy atom. The number of nitrogens with one attached hydrogen (secondary N) is 2. The summed E-state index contributed by atoms with van der Waals surface area (Å²) in [5, 5.41) is 9.88. The Morgan fingerprint density at radius 1 is 1.29 bits per heavy atom. The molecule has 2 N–H and O–H groups in total. The maximum absolute atomic E-state index is 4.45. The van der Waals surface area contributed by atoms with Gasteiger partial charge in [0.2, 0.25) is 0 Å². The number of guanidine groups is 1. The molecule has 114 valence electrons. The first-order chi connectivity index (χ1) is 10.2. The Hall–Kier alpha value is -0.920. The summed E-state index contributed by atoms with van der Waals surface area (Å²) in [7, 11) is 1.80. The van der Waals surface area contributed by atoms with Crippen LogP contribution in [0, 0.1) is 6.92 Å². The van der Waals surface area contributed by atoms with Crippen LogP contribution in [-0.2, 0) is 12.8 Å². The lowest BCUT2D eigenvalue weighted by Gasteiger charge is -2.10. The summed E-state index contributed by atoms with van der Waals surface area (Å²) in [6.07, 6.45) is 1.92. The molecule has 0 spiro atoms. The molecule has 0 fully saturated rings. The zero-order chi connectivity index (χ0) is 15.1. The highest BCUT2D eigenvalue weighted by molar-refractivity contribution is 9.11. The lowest BCUT2D eigenvalue weighted by molar-refractivity contribution is 0.780. The number of hydrogen-bond acceptors (Lipinski definition) is 4. The van der Waals surface area contributed by atoms with Crippen molar-refractivity contribution >= 4 is 44.6 Å². The van der Waals surface area contributed by atoms with Crippen LogP contribution in [0.4, 0.5) is 0 Å². The molecule has 2 aromatic rings. The number of thiophene rings is 1. The first-order valence-electron chi connectivity index (χ1n) is 6.77. The van der Waals surface area contributed by atoms with Crippen LogP contribution in [0.2, 0.25) is 0 Å². The Morgan fingerprint density at radius 3 is 2.62 bits per heavy atom. The molecule has 0 unspecified atom stereocenters. The highest BCUT2D eigenvalue weighted by Gasteiger charge is 2.01. The van der Waals surface area contributed by atoms with Crippen LogP contribution in [-0.4, -0.2) is 31.1 Å². The van der Waals surface area contributed by atoms with E-state index in [-0.39, 0.29) is 0 Å². The quantitative estimate of drug-likeness (QED) is 0.591. The van der Waals surface area contributed by atoms with Gasteiger partial charge in [-0.1, -0.05) is 0 Å². The topological polar surface area (TPSA) is 49.3 Å². The molecule has 0 bridgehead atoms. The molecule has 0 amide bonds. The summed E-state index contributed by atoms with van der Waals surface area (Å²) >= 11 is 6.95. The van der Waals surface area contributed by atoms with Crippen molar-refractivity contribution in [3.05, 3.63) is 36.9 Å². The van der Waals surface area contributed by atoms with Crippen LogP contribution in [0.5, 0.6) is 0 Å². The van der Waals surface area contributed by atoms with E-state index in [0.717, 1.165) is 42.6 Å². The van der Waals surface area contributed by atoms with Gasteiger partial charge in [-0.05, 0) is 41.4 Å². The monoisotopic (exact) mass is 386 g/mol. The minimum atomic E-state index is 0.841. The number of thiazole rings is 1. The van der Waals surface area contributed by atoms with E-state index >= 15 is 0 Å². The first kappa shape index (κ1) is 16.5. The van der Waals surface area contributed by atoms with Gasteiger partial charge < -0.3 is 10.6 Å². The van der Waals surface area contributed by atoms with Crippen LogP contribution >= 0.6 is 38.6 Å². The SMILES string of the molecule is CN=C(NCCc1csc(C)n1)NCCc1ccc(Br)s1. The fourth-order valence-corrected chi connectivity index (χ4v) is 3.97. The Bertz CT molecular complexity index is 543. The fourth-order valence-electron chi connectivity index (χ4n) is 1.84. The van der Waals surface area contributed by atoms with E-state index in [4.69, 9.17) is 0 Å². The minimum absolute atomic E-state index is 0.841. The van der Waals surface area contributed by atoms with Crippen molar-refractivity contribution < 1.29 is 0 Å². The van der Waals surface area contributed by atoms with Gasteiger partial charge in [-0.2, -0.15) is 0 Å². The van der Waals surface area contributed by atoms with Crippen molar-refractivity contribution in [3.8, 4) is 0 Å². The van der Waals surface area contributed by atoms with E-state index in [9.17, 15) is 0 Å². The normalized spacial score (nSPS) is 11.7. The van der Waals surface area contributed by atoms with E-state index < -0.39 is 0 Å². The maximum atomic E-state index is 4.45. The van der Waals surface area contributed by atoms with Crippen molar-refractivity contribution in [1.29, 1.82) is 0 Å². The molecule has 2 rings (SSSR count). The molecular formula is C14H19BrN4S2. The molecule has 0 aliphatic heterocycles. The number of halogens is 1. The molecule has 0 saturated heterocycles. The van der Waals surface area contributed by atoms with Crippen molar-refractivity contribution in [1.82, 2.24) is 15.6 Å². The van der Waals surface area contributed by atoms with Crippen LogP contribution in [0.15, 0.2) is 26.3 Å². The van der Waals surface area contributed by atoms with E-state index in [0.29, 0.717) is 0 Å². The number of aromatic nitrogens is 1. The zero-order valence-electron chi connectivity index (χ0n) is 12.1. The first-order valence-corrected chi connectivity index (χ1v) is 9.26. The Kier molecular flexibility index (Phi) is 6.66. The van der Waals surface area contributed by atoms with Crippen molar-refractivity contribution in [3.63, 3.8) is 0 Å². The molecule has 2 heterocycles.